The Morgan fingerprint density at radius 3 is 2.79 bits per heavy atom. The predicted octanol–water partition coefficient (Wildman–Crippen LogP) is 4.37. The molecular formula is C18H16ClN5O3S. The van der Waals surface area contributed by atoms with Crippen molar-refractivity contribution in [3.05, 3.63) is 61.7 Å². The molecule has 0 aliphatic rings. The fourth-order valence-corrected chi connectivity index (χ4v) is 3.53. The number of carbonyl (C=O) groups is 1. The Morgan fingerprint density at radius 2 is 2.14 bits per heavy atom. The number of hydrogen-bond acceptors (Lipinski definition) is 6. The zero-order valence-corrected chi connectivity index (χ0v) is 16.8. The van der Waals surface area contributed by atoms with Crippen molar-refractivity contribution in [2.75, 3.05) is 5.32 Å². The molecule has 1 aromatic carbocycles. The second-order valence-corrected chi connectivity index (χ2v) is 7.25. The van der Waals surface area contributed by atoms with Gasteiger partial charge in [-0.1, -0.05) is 23.7 Å². The molecule has 1 N–H and O–H groups in total. The molecule has 0 saturated carbocycles. The van der Waals surface area contributed by atoms with Crippen LogP contribution >= 0.6 is 22.9 Å². The van der Waals surface area contributed by atoms with Crippen LogP contribution in [0.4, 0.5) is 10.8 Å². The van der Waals surface area contributed by atoms with Gasteiger partial charge < -0.3 is 0 Å². The number of anilines is 1. The molecule has 0 spiro atoms. The Bertz CT molecular complexity index is 1100. The largest absolute Gasteiger partial charge is 0.298 e. The van der Waals surface area contributed by atoms with Crippen LogP contribution in [0, 0.1) is 24.0 Å². The Morgan fingerprint density at radius 1 is 1.39 bits per heavy atom. The van der Waals surface area contributed by atoms with Crippen molar-refractivity contribution in [2.45, 2.75) is 13.8 Å². The van der Waals surface area contributed by atoms with Crippen molar-refractivity contribution < 1.29 is 9.72 Å². The summed E-state index contributed by atoms with van der Waals surface area (Å²) < 4.78 is 1.53. The van der Waals surface area contributed by atoms with Gasteiger partial charge in [-0.05, 0) is 19.9 Å². The predicted molar refractivity (Wildman–Crippen MR) is 110 cm³/mol. The standard InChI is InChI=1S/C18H16ClN5O3S/c1-10-4-5-12(8-15(10)24(26)27)14-9-28-18(20-14)21-16(25)7-6-13-11(2)22-23(3)17(13)19/h4-9H,1-3H3,(H,20,21,25)/b7-6+. The van der Waals surface area contributed by atoms with Crippen LogP contribution in [0.25, 0.3) is 17.3 Å². The van der Waals surface area contributed by atoms with Gasteiger partial charge in [-0.15, -0.1) is 11.3 Å². The Balaban J connectivity index is 1.74. The minimum atomic E-state index is -0.426. The summed E-state index contributed by atoms with van der Waals surface area (Å²) in [6.07, 6.45) is 2.95. The zero-order chi connectivity index (χ0) is 20.4. The Labute approximate surface area is 169 Å². The SMILES string of the molecule is Cc1ccc(-c2csc(NC(=O)/C=C/c3c(C)nn(C)c3Cl)n2)cc1[N+](=O)[O-]. The van der Waals surface area contributed by atoms with E-state index in [1.807, 2.05) is 0 Å². The summed E-state index contributed by atoms with van der Waals surface area (Å²) in [6, 6.07) is 4.91. The molecule has 28 heavy (non-hydrogen) atoms. The maximum atomic E-state index is 12.2. The monoisotopic (exact) mass is 417 g/mol. The fraction of sp³-hybridized carbons (Fsp3) is 0.167. The number of carbonyl (C=O) groups excluding carboxylic acids is 1. The van der Waals surface area contributed by atoms with Gasteiger partial charge in [0.05, 0.1) is 16.3 Å². The van der Waals surface area contributed by atoms with Crippen molar-refractivity contribution in [2.24, 2.45) is 7.05 Å². The van der Waals surface area contributed by atoms with Crippen LogP contribution in [0.15, 0.2) is 29.7 Å². The number of thiazole rings is 1. The van der Waals surface area contributed by atoms with Gasteiger partial charge >= 0.3 is 0 Å². The normalized spacial score (nSPS) is 11.1. The molecule has 0 fully saturated rings. The molecule has 3 aromatic rings. The van der Waals surface area contributed by atoms with Crippen molar-refractivity contribution in [3.8, 4) is 11.3 Å². The molecule has 0 atom stereocenters. The van der Waals surface area contributed by atoms with E-state index >= 15 is 0 Å². The van der Waals surface area contributed by atoms with Crippen molar-refractivity contribution in [1.82, 2.24) is 14.8 Å². The summed E-state index contributed by atoms with van der Waals surface area (Å²) in [6.45, 7) is 3.48. The van der Waals surface area contributed by atoms with Crippen LogP contribution in [0.3, 0.4) is 0 Å². The molecule has 0 radical (unpaired) electrons. The van der Waals surface area contributed by atoms with Gasteiger partial charge in [0.2, 0.25) is 5.91 Å². The van der Waals surface area contributed by atoms with E-state index in [0.29, 0.717) is 38.4 Å². The van der Waals surface area contributed by atoms with E-state index in [4.69, 9.17) is 11.6 Å². The highest BCUT2D eigenvalue weighted by molar-refractivity contribution is 7.14. The van der Waals surface area contributed by atoms with E-state index < -0.39 is 4.92 Å². The molecule has 2 heterocycles. The first kappa shape index (κ1) is 19.7. The van der Waals surface area contributed by atoms with E-state index in [-0.39, 0.29) is 11.6 Å². The fourth-order valence-electron chi connectivity index (χ4n) is 2.57. The first-order valence-electron chi connectivity index (χ1n) is 8.15. The number of halogens is 1. The number of aromatic nitrogens is 3. The zero-order valence-electron chi connectivity index (χ0n) is 15.3. The van der Waals surface area contributed by atoms with Crippen LogP contribution in [0.5, 0.6) is 0 Å². The van der Waals surface area contributed by atoms with E-state index in [1.54, 1.807) is 44.5 Å². The highest BCUT2D eigenvalue weighted by Crippen LogP contribution is 2.29. The second-order valence-electron chi connectivity index (χ2n) is 6.03. The maximum Gasteiger partial charge on any atom is 0.272 e. The van der Waals surface area contributed by atoms with Crippen LogP contribution in [0.2, 0.25) is 5.15 Å². The number of rotatable bonds is 5. The van der Waals surface area contributed by atoms with Crippen LogP contribution < -0.4 is 5.32 Å². The molecular weight excluding hydrogens is 402 g/mol. The topological polar surface area (TPSA) is 103 Å². The van der Waals surface area contributed by atoms with Crippen molar-refractivity contribution in [1.29, 1.82) is 0 Å². The van der Waals surface area contributed by atoms with Gasteiger partial charge in [-0.2, -0.15) is 5.10 Å². The first-order chi connectivity index (χ1) is 13.3. The number of hydrogen-bond donors (Lipinski definition) is 1. The molecule has 2 aromatic heterocycles. The third-order valence-electron chi connectivity index (χ3n) is 4.03. The van der Waals surface area contributed by atoms with E-state index in [9.17, 15) is 14.9 Å². The van der Waals surface area contributed by atoms with Gasteiger partial charge in [0.1, 0.15) is 5.15 Å². The number of nitro benzene ring substituents is 1. The highest BCUT2D eigenvalue weighted by Gasteiger charge is 2.14. The number of nitrogens with one attached hydrogen (secondary N) is 1. The average molecular weight is 418 g/mol. The van der Waals surface area contributed by atoms with E-state index in [2.05, 4.69) is 15.4 Å². The minimum Gasteiger partial charge on any atom is -0.298 e. The van der Waals surface area contributed by atoms with Gasteiger partial charge in [0, 0.05) is 41.3 Å². The van der Waals surface area contributed by atoms with Crippen LogP contribution in [0.1, 0.15) is 16.8 Å². The number of nitro groups is 1. The van der Waals surface area contributed by atoms with Gasteiger partial charge in [-0.3, -0.25) is 24.9 Å². The minimum absolute atomic E-state index is 0.0303. The second kappa shape index (κ2) is 7.91. The molecule has 0 aliphatic heterocycles. The van der Waals surface area contributed by atoms with Crippen molar-refractivity contribution in [3.63, 3.8) is 0 Å². The lowest BCUT2D eigenvalue weighted by Gasteiger charge is -2.00. The Hall–Kier alpha value is -3.04. The van der Waals surface area contributed by atoms with E-state index in [0.717, 1.165) is 0 Å². The molecule has 0 bridgehead atoms. The van der Waals surface area contributed by atoms with Gasteiger partial charge in [0.15, 0.2) is 5.13 Å². The number of benzene rings is 1. The first-order valence-corrected chi connectivity index (χ1v) is 9.41. The van der Waals surface area contributed by atoms with Crippen LogP contribution in [-0.2, 0) is 11.8 Å². The quantitative estimate of drug-likeness (QED) is 0.377. The summed E-state index contributed by atoms with van der Waals surface area (Å²) in [7, 11) is 1.72. The molecule has 8 nitrogen and oxygen atoms in total. The smallest absolute Gasteiger partial charge is 0.272 e. The number of aryl methyl sites for hydroxylation is 3. The van der Waals surface area contributed by atoms with Gasteiger partial charge in [0.25, 0.3) is 5.69 Å². The third kappa shape index (κ3) is 4.10. The lowest BCUT2D eigenvalue weighted by molar-refractivity contribution is -0.385. The average Bonchev–Trinajstić information content (AvgIpc) is 3.18. The third-order valence-corrected chi connectivity index (χ3v) is 5.24. The summed E-state index contributed by atoms with van der Waals surface area (Å²) in [5, 5.41) is 20.5. The molecule has 0 aliphatic carbocycles. The van der Waals surface area contributed by atoms with Gasteiger partial charge in [-0.25, -0.2) is 4.98 Å². The maximum absolute atomic E-state index is 12.2. The van der Waals surface area contributed by atoms with E-state index in [1.165, 1.54) is 28.2 Å². The summed E-state index contributed by atoms with van der Waals surface area (Å²) >= 11 is 7.37. The summed E-state index contributed by atoms with van der Waals surface area (Å²) in [4.78, 5) is 27.2. The lowest BCUT2D eigenvalue weighted by atomic mass is 10.1. The van der Waals surface area contributed by atoms with Crippen molar-refractivity contribution >= 4 is 45.7 Å². The molecule has 1 amide bonds. The van der Waals surface area contributed by atoms with Crippen LogP contribution in [-0.4, -0.2) is 25.6 Å². The number of nitrogens with zero attached hydrogens (tertiary/aromatic N) is 4. The molecule has 10 heteroatoms. The lowest BCUT2D eigenvalue weighted by Crippen LogP contribution is -2.07. The summed E-state index contributed by atoms with van der Waals surface area (Å²) in [5.74, 6) is -0.366. The Kier molecular flexibility index (Phi) is 5.57. The molecule has 3 rings (SSSR count). The molecule has 0 saturated heterocycles. The molecule has 0 unspecified atom stereocenters. The molecule has 144 valence electrons. The number of amides is 1. The highest BCUT2D eigenvalue weighted by atomic mass is 35.5. The summed E-state index contributed by atoms with van der Waals surface area (Å²) in [5.41, 5.74) is 3.16.